The van der Waals surface area contributed by atoms with Crippen LogP contribution in [0.1, 0.15) is 0 Å². The maximum Gasteiger partial charge on any atom is 2.00 e. The number of hydrogen-bond acceptors (Lipinski definition) is 3. The Kier molecular flexibility index (Phi) is 262. The molecule has 11 heavy (non-hydrogen) atoms. The summed E-state index contributed by atoms with van der Waals surface area (Å²) in [5, 5.41) is 25.4. The number of rotatable bonds is 0. The second kappa shape index (κ2) is 93.9. The molecular weight excluding hydrogens is 244 g/mol. The molecule has 4 nitrogen and oxygen atoms in total. The SMILES string of the molecule is [Fe+2].[N-]=C=S.[N-]=C=S.[N-]=C=S.[NH4+]. The Labute approximate surface area is 91.3 Å². The first-order valence-corrected chi connectivity index (χ1v) is 2.51. The van der Waals surface area contributed by atoms with E-state index in [9.17, 15) is 0 Å². The molecule has 0 unspecified atom stereocenters. The monoisotopic (exact) mass is 248 g/mol. The zero-order valence-corrected chi connectivity index (χ0v) is 8.97. The van der Waals surface area contributed by atoms with E-state index in [0.29, 0.717) is 0 Å². The van der Waals surface area contributed by atoms with E-state index in [1.807, 2.05) is 0 Å². The molecule has 0 fully saturated rings. The van der Waals surface area contributed by atoms with Crippen LogP contribution < -0.4 is 6.15 Å². The van der Waals surface area contributed by atoms with E-state index in [1.54, 1.807) is 0 Å². The van der Waals surface area contributed by atoms with Crippen molar-refractivity contribution in [2.24, 2.45) is 0 Å². The van der Waals surface area contributed by atoms with Crippen molar-refractivity contribution >= 4 is 52.1 Å². The van der Waals surface area contributed by atoms with E-state index in [1.165, 1.54) is 15.5 Å². The number of isothiocyanates is 3. The van der Waals surface area contributed by atoms with Gasteiger partial charge in [0.2, 0.25) is 0 Å². The Morgan fingerprint density at radius 3 is 0.727 bits per heavy atom. The molecule has 62 valence electrons. The van der Waals surface area contributed by atoms with Crippen molar-refractivity contribution in [3.05, 3.63) is 16.2 Å². The fraction of sp³-hybridized carbons (Fsp3) is 0. The van der Waals surface area contributed by atoms with Crippen LogP contribution in [0.2, 0.25) is 0 Å². The maximum absolute atomic E-state index is 7.13. The van der Waals surface area contributed by atoms with E-state index in [0.717, 1.165) is 0 Å². The molecule has 4 N–H and O–H groups in total. The molecule has 0 heterocycles. The predicted octanol–water partition coefficient (Wildman–Crippen LogP) is 2.35. The van der Waals surface area contributed by atoms with Crippen molar-refractivity contribution in [2.75, 3.05) is 0 Å². The summed E-state index contributed by atoms with van der Waals surface area (Å²) in [6.45, 7) is 0. The van der Waals surface area contributed by atoms with Gasteiger partial charge in [0.1, 0.15) is 0 Å². The number of hydrogen-bond donors (Lipinski definition) is 1. The zero-order chi connectivity index (χ0) is 8.12. The van der Waals surface area contributed by atoms with E-state index in [2.05, 4.69) is 36.7 Å². The van der Waals surface area contributed by atoms with Crippen molar-refractivity contribution < 1.29 is 17.1 Å². The van der Waals surface area contributed by atoms with Crippen LogP contribution in [0.5, 0.6) is 0 Å². The Hall–Kier alpha value is -0.121. The van der Waals surface area contributed by atoms with Gasteiger partial charge in [-0.3, -0.25) is 0 Å². The minimum Gasteiger partial charge on any atom is -0.753 e. The first-order chi connectivity index (χ1) is 4.24. The van der Waals surface area contributed by atoms with Crippen LogP contribution in [0.4, 0.5) is 0 Å². The molecule has 0 rings (SSSR count). The first-order valence-electron chi connectivity index (χ1n) is 1.28. The van der Waals surface area contributed by atoms with Crippen LogP contribution in [-0.2, 0) is 17.1 Å². The topological polar surface area (TPSA) is 103 Å². The van der Waals surface area contributed by atoms with Gasteiger partial charge < -0.3 is 22.4 Å². The summed E-state index contributed by atoms with van der Waals surface area (Å²) in [7, 11) is 0. The molecule has 8 heteroatoms. The maximum atomic E-state index is 7.13. The minimum atomic E-state index is 0. The van der Waals surface area contributed by atoms with Crippen LogP contribution in [0.15, 0.2) is 0 Å². The van der Waals surface area contributed by atoms with Crippen molar-refractivity contribution in [1.29, 1.82) is 0 Å². The van der Waals surface area contributed by atoms with Crippen LogP contribution >= 0.6 is 36.7 Å². The minimum absolute atomic E-state index is 0. The summed E-state index contributed by atoms with van der Waals surface area (Å²) in [5.41, 5.74) is 0. The van der Waals surface area contributed by atoms with Crippen LogP contribution in [-0.4, -0.2) is 15.5 Å². The zero-order valence-electron chi connectivity index (χ0n) is 5.42. The number of quaternary nitrogens is 1. The van der Waals surface area contributed by atoms with Gasteiger partial charge in [-0.2, -0.15) is 15.5 Å². The molecule has 0 spiro atoms. The van der Waals surface area contributed by atoms with Gasteiger partial charge in [-0.1, -0.05) is 36.7 Å². The molecule has 0 aliphatic carbocycles. The summed E-state index contributed by atoms with van der Waals surface area (Å²) in [4.78, 5) is 0. The second-order valence-electron chi connectivity index (χ2n) is 0.274. The molecule has 0 aromatic heterocycles. The fourth-order valence-electron chi connectivity index (χ4n) is 0. The van der Waals surface area contributed by atoms with Gasteiger partial charge in [0.25, 0.3) is 0 Å². The van der Waals surface area contributed by atoms with Crippen molar-refractivity contribution in [1.82, 2.24) is 6.15 Å². The largest absolute Gasteiger partial charge is 2.00 e. The van der Waals surface area contributed by atoms with Gasteiger partial charge in [0.05, 0.1) is 0 Å². The van der Waals surface area contributed by atoms with Gasteiger partial charge in [-0.25, -0.2) is 0 Å². The van der Waals surface area contributed by atoms with Crippen molar-refractivity contribution in [2.45, 2.75) is 0 Å². The summed E-state index contributed by atoms with van der Waals surface area (Å²) in [6.07, 6.45) is 0. The molecule has 0 aliphatic rings. The van der Waals surface area contributed by atoms with E-state index in [4.69, 9.17) is 16.2 Å². The standard InChI is InChI=1S/3CNS.Fe.H3N/c3*2-1-3;;/h;;;;1H3/q3*-1;+2;/p+1. The third-order valence-electron chi connectivity index (χ3n) is 0. The van der Waals surface area contributed by atoms with Gasteiger partial charge in [0.15, 0.2) is 0 Å². The van der Waals surface area contributed by atoms with Crippen molar-refractivity contribution in [3.8, 4) is 0 Å². The van der Waals surface area contributed by atoms with E-state index < -0.39 is 0 Å². The van der Waals surface area contributed by atoms with Gasteiger partial charge in [-0.05, 0) is 0 Å². The molecule has 0 bridgehead atoms. The molecular formula is C3H4FeN4S3. The average molecular weight is 248 g/mol. The van der Waals surface area contributed by atoms with Crippen LogP contribution in [0.3, 0.4) is 0 Å². The summed E-state index contributed by atoms with van der Waals surface area (Å²) >= 11 is 11.1. The van der Waals surface area contributed by atoms with Gasteiger partial charge in [-0.15, -0.1) is 0 Å². The molecule has 0 aromatic rings. The summed E-state index contributed by atoms with van der Waals surface area (Å²) in [6, 6.07) is 0. The van der Waals surface area contributed by atoms with E-state index >= 15 is 0 Å². The molecule has 0 radical (unpaired) electrons. The average Bonchev–Trinajstić information content (AvgIpc) is 1.70. The number of thiocarbonyl (C=S) groups is 3. The van der Waals surface area contributed by atoms with Crippen LogP contribution in [0, 0.1) is 0 Å². The van der Waals surface area contributed by atoms with Crippen LogP contribution in [0.25, 0.3) is 16.2 Å². The van der Waals surface area contributed by atoms with E-state index in [-0.39, 0.29) is 23.2 Å². The summed E-state index contributed by atoms with van der Waals surface area (Å²) < 4.78 is 0. The fourth-order valence-corrected chi connectivity index (χ4v) is 0. The Bertz CT molecular complexity index is 112. The van der Waals surface area contributed by atoms with Crippen molar-refractivity contribution in [3.63, 3.8) is 0 Å². The van der Waals surface area contributed by atoms with Gasteiger partial charge >= 0.3 is 17.1 Å². The quantitative estimate of drug-likeness (QED) is 0.404. The number of nitrogens with zero attached hydrogens (tertiary/aromatic N) is 3. The molecule has 0 aliphatic heterocycles. The third-order valence-corrected chi connectivity index (χ3v) is 0. The Morgan fingerprint density at radius 2 is 0.727 bits per heavy atom. The third kappa shape index (κ3) is 42200. The first kappa shape index (κ1) is 30.7. The normalized spacial score (nSPS) is 2.18. The molecule has 0 saturated carbocycles. The smallest absolute Gasteiger partial charge is 0.753 e. The molecule has 0 aromatic carbocycles. The molecule has 0 atom stereocenters. The summed E-state index contributed by atoms with van der Waals surface area (Å²) in [5.74, 6) is 0. The molecule has 0 saturated heterocycles. The Morgan fingerprint density at radius 1 is 0.727 bits per heavy atom. The van der Waals surface area contributed by atoms with Gasteiger partial charge in [0, 0.05) is 0 Å². The molecule has 0 amide bonds. The second-order valence-corrected chi connectivity index (χ2v) is 0.822. The Balaban J connectivity index is -0.0000000150. The predicted molar refractivity (Wildman–Crippen MR) is 53.9 cm³/mol.